The standard InChI is InChI=1S/C7H5NO.2C2H6.CH4O/c1-2-4-7-6(3-1)8-5-9-7;3*1-2/h1-5H;2*1-2H3;2H,1H3. The van der Waals surface area contributed by atoms with E-state index in [4.69, 9.17) is 9.52 Å². The highest BCUT2D eigenvalue weighted by atomic mass is 16.3. The summed E-state index contributed by atoms with van der Waals surface area (Å²) in [5, 5.41) is 7.00. The summed E-state index contributed by atoms with van der Waals surface area (Å²) in [5.74, 6) is 0. The first-order valence-corrected chi connectivity index (χ1v) is 5.20. The molecular weight excluding hydrogens is 190 g/mol. The summed E-state index contributed by atoms with van der Waals surface area (Å²) in [6.45, 7) is 8.00. The summed E-state index contributed by atoms with van der Waals surface area (Å²) >= 11 is 0. The quantitative estimate of drug-likeness (QED) is 0.725. The zero-order valence-electron chi connectivity index (χ0n) is 10.2. The number of benzene rings is 1. The fourth-order valence-corrected chi connectivity index (χ4v) is 0.803. The molecule has 1 heterocycles. The Balaban J connectivity index is 0. The lowest BCUT2D eigenvalue weighted by Gasteiger charge is -1.79. The van der Waals surface area contributed by atoms with Gasteiger partial charge in [0, 0.05) is 7.11 Å². The van der Waals surface area contributed by atoms with Gasteiger partial charge in [0.1, 0.15) is 5.52 Å². The summed E-state index contributed by atoms with van der Waals surface area (Å²) in [6.07, 6.45) is 1.45. The molecule has 1 aromatic heterocycles. The van der Waals surface area contributed by atoms with Gasteiger partial charge in [-0.2, -0.15) is 0 Å². The summed E-state index contributed by atoms with van der Waals surface area (Å²) in [5.41, 5.74) is 1.76. The van der Waals surface area contributed by atoms with E-state index in [1.54, 1.807) is 0 Å². The van der Waals surface area contributed by atoms with Crippen molar-refractivity contribution in [1.82, 2.24) is 4.98 Å². The maximum atomic E-state index is 7.00. The Kier molecular flexibility index (Phi) is 13.6. The van der Waals surface area contributed by atoms with Gasteiger partial charge in [-0.05, 0) is 12.1 Å². The van der Waals surface area contributed by atoms with Gasteiger partial charge in [-0.25, -0.2) is 4.98 Å². The molecule has 0 aliphatic rings. The van der Waals surface area contributed by atoms with Gasteiger partial charge in [0.15, 0.2) is 12.0 Å². The number of nitrogens with zero attached hydrogens (tertiary/aromatic N) is 1. The Hall–Kier alpha value is -1.35. The van der Waals surface area contributed by atoms with E-state index >= 15 is 0 Å². The largest absolute Gasteiger partial charge is 0.443 e. The number of aliphatic hydroxyl groups is 1. The third-order valence-corrected chi connectivity index (χ3v) is 1.24. The van der Waals surface area contributed by atoms with Crippen molar-refractivity contribution in [3.05, 3.63) is 30.7 Å². The van der Waals surface area contributed by atoms with Gasteiger partial charge in [-0.15, -0.1) is 0 Å². The minimum Gasteiger partial charge on any atom is -0.443 e. The molecule has 0 aliphatic carbocycles. The van der Waals surface area contributed by atoms with E-state index in [1.165, 1.54) is 6.39 Å². The molecule has 0 unspecified atom stereocenters. The highest BCUT2D eigenvalue weighted by Gasteiger charge is 1.91. The van der Waals surface area contributed by atoms with Crippen molar-refractivity contribution in [1.29, 1.82) is 0 Å². The molecule has 86 valence electrons. The molecule has 0 spiro atoms. The van der Waals surface area contributed by atoms with Crippen LogP contribution in [0, 0.1) is 0 Å². The second kappa shape index (κ2) is 12.7. The highest BCUT2D eigenvalue weighted by Crippen LogP contribution is 2.09. The summed E-state index contributed by atoms with van der Waals surface area (Å²) < 4.78 is 5.01. The van der Waals surface area contributed by atoms with Gasteiger partial charge in [0.25, 0.3) is 0 Å². The second-order valence-corrected chi connectivity index (χ2v) is 1.82. The van der Waals surface area contributed by atoms with Crippen molar-refractivity contribution < 1.29 is 9.52 Å². The number of aliphatic hydroxyl groups excluding tert-OH is 1. The average molecular weight is 211 g/mol. The number of oxazole rings is 1. The van der Waals surface area contributed by atoms with E-state index in [-0.39, 0.29) is 0 Å². The molecule has 15 heavy (non-hydrogen) atoms. The summed E-state index contributed by atoms with van der Waals surface area (Å²) in [6, 6.07) is 7.67. The minimum absolute atomic E-state index is 0.845. The molecule has 0 saturated heterocycles. The Bertz CT molecular complexity index is 288. The van der Waals surface area contributed by atoms with Crippen LogP contribution < -0.4 is 0 Å². The van der Waals surface area contributed by atoms with Gasteiger partial charge < -0.3 is 9.52 Å². The van der Waals surface area contributed by atoms with Crippen LogP contribution in [0.25, 0.3) is 11.1 Å². The lowest BCUT2D eigenvalue weighted by atomic mass is 10.3. The van der Waals surface area contributed by atoms with Crippen molar-refractivity contribution in [3.8, 4) is 0 Å². The number of rotatable bonds is 0. The molecule has 0 aliphatic heterocycles. The molecule has 0 atom stereocenters. The zero-order chi connectivity index (χ0) is 12.1. The van der Waals surface area contributed by atoms with Crippen molar-refractivity contribution >= 4 is 11.1 Å². The van der Waals surface area contributed by atoms with Crippen LogP contribution in [-0.2, 0) is 0 Å². The van der Waals surface area contributed by atoms with Crippen molar-refractivity contribution in [2.24, 2.45) is 0 Å². The fourth-order valence-electron chi connectivity index (χ4n) is 0.803. The molecule has 0 saturated carbocycles. The lowest BCUT2D eigenvalue weighted by molar-refractivity contribution is 0.399. The molecule has 0 fully saturated rings. The number of hydrogen-bond donors (Lipinski definition) is 1. The van der Waals surface area contributed by atoms with E-state index < -0.39 is 0 Å². The lowest BCUT2D eigenvalue weighted by Crippen LogP contribution is -1.61. The van der Waals surface area contributed by atoms with E-state index in [9.17, 15) is 0 Å². The second-order valence-electron chi connectivity index (χ2n) is 1.82. The highest BCUT2D eigenvalue weighted by molar-refractivity contribution is 5.71. The van der Waals surface area contributed by atoms with E-state index in [0.717, 1.165) is 18.2 Å². The molecular formula is C12H21NO2. The zero-order valence-corrected chi connectivity index (χ0v) is 10.2. The summed E-state index contributed by atoms with van der Waals surface area (Å²) in [7, 11) is 1.00. The maximum absolute atomic E-state index is 7.00. The van der Waals surface area contributed by atoms with Crippen LogP contribution in [0.5, 0.6) is 0 Å². The smallest absolute Gasteiger partial charge is 0.181 e. The van der Waals surface area contributed by atoms with Crippen molar-refractivity contribution in [2.45, 2.75) is 27.7 Å². The molecule has 0 amide bonds. The predicted molar refractivity (Wildman–Crippen MR) is 64.8 cm³/mol. The number of fused-ring (bicyclic) bond motifs is 1. The van der Waals surface area contributed by atoms with Crippen LogP contribution in [0.3, 0.4) is 0 Å². The van der Waals surface area contributed by atoms with Crippen LogP contribution >= 0.6 is 0 Å². The predicted octanol–water partition coefficient (Wildman–Crippen LogP) is 3.49. The Morgan fingerprint density at radius 3 is 2.07 bits per heavy atom. The fraction of sp³-hybridized carbons (Fsp3) is 0.417. The van der Waals surface area contributed by atoms with Crippen molar-refractivity contribution in [3.63, 3.8) is 0 Å². The van der Waals surface area contributed by atoms with Gasteiger partial charge in [-0.3, -0.25) is 0 Å². The molecule has 1 N–H and O–H groups in total. The van der Waals surface area contributed by atoms with Gasteiger partial charge >= 0.3 is 0 Å². The first kappa shape index (κ1) is 16.1. The molecule has 0 bridgehead atoms. The Labute approximate surface area is 91.8 Å². The molecule has 0 radical (unpaired) electrons. The first-order chi connectivity index (χ1) is 7.47. The summed E-state index contributed by atoms with van der Waals surface area (Å²) in [4.78, 5) is 3.95. The van der Waals surface area contributed by atoms with E-state index in [2.05, 4.69) is 4.98 Å². The van der Waals surface area contributed by atoms with E-state index in [0.29, 0.717) is 0 Å². The molecule has 3 heteroatoms. The number of para-hydroxylation sites is 2. The minimum atomic E-state index is 0.845. The maximum Gasteiger partial charge on any atom is 0.181 e. The first-order valence-electron chi connectivity index (χ1n) is 5.20. The number of hydrogen-bond acceptors (Lipinski definition) is 3. The average Bonchev–Trinajstić information content (AvgIpc) is 2.85. The number of aromatic nitrogens is 1. The van der Waals surface area contributed by atoms with Gasteiger partial charge in [-0.1, -0.05) is 39.8 Å². The third kappa shape index (κ3) is 5.86. The monoisotopic (exact) mass is 211 g/mol. The van der Waals surface area contributed by atoms with Crippen molar-refractivity contribution in [2.75, 3.05) is 7.11 Å². The van der Waals surface area contributed by atoms with Crippen LogP contribution in [0.2, 0.25) is 0 Å². The van der Waals surface area contributed by atoms with Crippen LogP contribution in [0.4, 0.5) is 0 Å². The van der Waals surface area contributed by atoms with Crippen LogP contribution in [0.1, 0.15) is 27.7 Å². The molecule has 3 nitrogen and oxygen atoms in total. The Morgan fingerprint density at radius 2 is 1.53 bits per heavy atom. The topological polar surface area (TPSA) is 46.3 Å². The third-order valence-electron chi connectivity index (χ3n) is 1.24. The molecule has 2 aromatic rings. The normalized spacial score (nSPS) is 7.33. The molecule has 1 aromatic carbocycles. The Morgan fingerprint density at radius 1 is 1.00 bits per heavy atom. The van der Waals surface area contributed by atoms with Crippen LogP contribution in [0.15, 0.2) is 35.1 Å². The SMILES string of the molecule is CC.CC.CO.c1ccc2ocnc2c1. The van der Waals surface area contributed by atoms with Gasteiger partial charge in [0.05, 0.1) is 0 Å². The molecule has 2 rings (SSSR count). The van der Waals surface area contributed by atoms with E-state index in [1.807, 2.05) is 52.0 Å². The van der Waals surface area contributed by atoms with Gasteiger partial charge in [0.2, 0.25) is 0 Å². The van der Waals surface area contributed by atoms with Crippen LogP contribution in [-0.4, -0.2) is 17.2 Å².